The predicted molar refractivity (Wildman–Crippen MR) is 74.6 cm³/mol. The minimum absolute atomic E-state index is 0.147. The molecule has 1 aliphatic rings. The Hall–Kier alpha value is -1.10. The van der Waals surface area contributed by atoms with Gasteiger partial charge in [-0.05, 0) is 42.9 Å². The third-order valence-corrected chi connectivity index (χ3v) is 4.80. The van der Waals surface area contributed by atoms with Gasteiger partial charge in [-0.1, -0.05) is 13.8 Å². The zero-order valence-corrected chi connectivity index (χ0v) is 12.3. The maximum atomic E-state index is 13.7. The minimum Gasteiger partial charge on any atom is -0.380 e. The first kappa shape index (κ1) is 14.3. The number of nitrogens with one attached hydrogen (secondary N) is 1. The van der Waals surface area contributed by atoms with Gasteiger partial charge >= 0.3 is 0 Å². The highest BCUT2D eigenvalue weighted by Gasteiger charge is 2.31. The molecule has 1 aromatic carbocycles. The fourth-order valence-corrected chi connectivity index (χ4v) is 3.27. The van der Waals surface area contributed by atoms with E-state index in [0.29, 0.717) is 0 Å². The molecule has 1 aliphatic carbocycles. The minimum atomic E-state index is -3.31. The predicted octanol–water partition coefficient (Wildman–Crippen LogP) is 3.22. The lowest BCUT2D eigenvalue weighted by molar-refractivity contribution is 0.378. The molecule has 1 aromatic rings. The van der Waals surface area contributed by atoms with Crippen molar-refractivity contribution in [3.8, 4) is 0 Å². The van der Waals surface area contributed by atoms with Gasteiger partial charge < -0.3 is 5.32 Å². The topological polar surface area (TPSA) is 46.2 Å². The van der Waals surface area contributed by atoms with Gasteiger partial charge in [0, 0.05) is 12.3 Å². The van der Waals surface area contributed by atoms with Crippen LogP contribution < -0.4 is 5.32 Å². The van der Waals surface area contributed by atoms with Gasteiger partial charge in [0.25, 0.3) is 0 Å². The molecule has 0 aromatic heterocycles. The lowest BCUT2D eigenvalue weighted by Crippen LogP contribution is -2.18. The Kier molecular flexibility index (Phi) is 3.60. The van der Waals surface area contributed by atoms with Gasteiger partial charge in [-0.2, -0.15) is 0 Å². The van der Waals surface area contributed by atoms with Gasteiger partial charge in [0.1, 0.15) is 5.82 Å². The van der Waals surface area contributed by atoms with Crippen molar-refractivity contribution < 1.29 is 12.8 Å². The maximum Gasteiger partial charge on any atom is 0.175 e. The van der Waals surface area contributed by atoms with Crippen molar-refractivity contribution in [2.45, 2.75) is 44.0 Å². The molecule has 0 heterocycles. The zero-order valence-electron chi connectivity index (χ0n) is 11.5. The van der Waals surface area contributed by atoms with Gasteiger partial charge in [0.05, 0.1) is 10.6 Å². The summed E-state index contributed by atoms with van der Waals surface area (Å²) in [4.78, 5) is 0.147. The average Bonchev–Trinajstić information content (AvgIpc) is 2.60. The summed E-state index contributed by atoms with van der Waals surface area (Å²) >= 11 is 0. The SMILES string of the molecule is CC1(C)CCC(Nc2cc(S(C)(=O)=O)ccc2F)C1. The maximum absolute atomic E-state index is 13.7. The van der Waals surface area contributed by atoms with Gasteiger partial charge in [0.2, 0.25) is 0 Å². The Morgan fingerprint density at radius 1 is 1.37 bits per heavy atom. The van der Waals surface area contributed by atoms with Crippen LogP contribution in [0.1, 0.15) is 33.1 Å². The summed E-state index contributed by atoms with van der Waals surface area (Å²) < 4.78 is 36.7. The molecule has 1 fully saturated rings. The third-order valence-electron chi connectivity index (χ3n) is 3.69. The molecular weight excluding hydrogens is 265 g/mol. The summed E-state index contributed by atoms with van der Waals surface area (Å²) in [5, 5.41) is 3.14. The van der Waals surface area contributed by atoms with Crippen molar-refractivity contribution in [3.05, 3.63) is 24.0 Å². The molecule has 0 radical (unpaired) electrons. The van der Waals surface area contributed by atoms with Crippen LogP contribution in [0.2, 0.25) is 0 Å². The van der Waals surface area contributed by atoms with E-state index >= 15 is 0 Å². The number of anilines is 1. The first-order chi connectivity index (χ1) is 8.67. The third kappa shape index (κ3) is 3.47. The number of sulfone groups is 1. The first-order valence-corrected chi connectivity index (χ1v) is 8.33. The Bertz CT molecular complexity index is 581. The molecule has 1 N–H and O–H groups in total. The molecule has 1 unspecified atom stereocenters. The number of hydrogen-bond acceptors (Lipinski definition) is 3. The highest BCUT2D eigenvalue weighted by atomic mass is 32.2. The van der Waals surface area contributed by atoms with Crippen LogP contribution in [0.3, 0.4) is 0 Å². The van der Waals surface area contributed by atoms with Gasteiger partial charge in [0.15, 0.2) is 9.84 Å². The molecule has 0 saturated heterocycles. The number of benzene rings is 1. The van der Waals surface area contributed by atoms with Gasteiger partial charge in [-0.3, -0.25) is 0 Å². The second kappa shape index (κ2) is 4.78. The van der Waals surface area contributed by atoms with Crippen molar-refractivity contribution in [1.29, 1.82) is 0 Å². The first-order valence-electron chi connectivity index (χ1n) is 6.44. The molecule has 106 valence electrons. The van der Waals surface area contributed by atoms with Crippen LogP contribution in [0.15, 0.2) is 23.1 Å². The van der Waals surface area contributed by atoms with Crippen molar-refractivity contribution in [3.63, 3.8) is 0 Å². The fourth-order valence-electron chi connectivity index (χ4n) is 2.62. The average molecular weight is 285 g/mol. The Morgan fingerprint density at radius 3 is 2.58 bits per heavy atom. The van der Waals surface area contributed by atoms with E-state index in [4.69, 9.17) is 0 Å². The molecule has 0 aliphatic heterocycles. The lowest BCUT2D eigenvalue weighted by Gasteiger charge is -2.19. The van der Waals surface area contributed by atoms with Crippen molar-refractivity contribution in [2.75, 3.05) is 11.6 Å². The van der Waals surface area contributed by atoms with Crippen LogP contribution in [0.4, 0.5) is 10.1 Å². The second-order valence-electron chi connectivity index (χ2n) is 6.16. The van der Waals surface area contributed by atoms with E-state index in [1.165, 1.54) is 18.2 Å². The van der Waals surface area contributed by atoms with Crippen molar-refractivity contribution in [2.24, 2.45) is 5.41 Å². The van der Waals surface area contributed by atoms with Crippen LogP contribution in [0, 0.1) is 11.2 Å². The monoisotopic (exact) mass is 285 g/mol. The largest absolute Gasteiger partial charge is 0.380 e. The van der Waals surface area contributed by atoms with Crippen LogP contribution >= 0.6 is 0 Å². The lowest BCUT2D eigenvalue weighted by atomic mass is 9.92. The van der Waals surface area contributed by atoms with Crippen LogP contribution in [0.5, 0.6) is 0 Å². The Labute approximate surface area is 114 Å². The molecule has 3 nitrogen and oxygen atoms in total. The van der Waals surface area contributed by atoms with Crippen LogP contribution in [-0.2, 0) is 9.84 Å². The Balaban J connectivity index is 2.21. The molecule has 1 saturated carbocycles. The quantitative estimate of drug-likeness (QED) is 0.867. The van der Waals surface area contributed by atoms with E-state index < -0.39 is 15.7 Å². The van der Waals surface area contributed by atoms with E-state index in [9.17, 15) is 12.8 Å². The second-order valence-corrected chi connectivity index (χ2v) is 8.18. The summed E-state index contributed by atoms with van der Waals surface area (Å²) in [5.74, 6) is -0.405. The highest BCUT2D eigenvalue weighted by Crippen LogP contribution is 2.38. The molecule has 1 atom stereocenters. The van der Waals surface area contributed by atoms with E-state index in [0.717, 1.165) is 25.5 Å². The van der Waals surface area contributed by atoms with Crippen LogP contribution in [0.25, 0.3) is 0 Å². The summed E-state index contributed by atoms with van der Waals surface area (Å²) in [6.07, 6.45) is 4.17. The summed E-state index contributed by atoms with van der Waals surface area (Å²) in [7, 11) is -3.31. The molecule has 19 heavy (non-hydrogen) atoms. The van der Waals surface area contributed by atoms with Gasteiger partial charge in [-0.15, -0.1) is 0 Å². The smallest absolute Gasteiger partial charge is 0.175 e. The Morgan fingerprint density at radius 2 is 2.05 bits per heavy atom. The number of rotatable bonds is 3. The molecular formula is C14H20FNO2S. The normalized spacial score (nSPS) is 22.4. The fraction of sp³-hybridized carbons (Fsp3) is 0.571. The molecule has 5 heteroatoms. The van der Waals surface area contributed by atoms with Crippen molar-refractivity contribution >= 4 is 15.5 Å². The molecule has 0 amide bonds. The summed E-state index contributed by atoms with van der Waals surface area (Å²) in [6, 6.07) is 4.10. The number of hydrogen-bond donors (Lipinski definition) is 1. The van der Waals surface area contributed by atoms with E-state index in [1.54, 1.807) is 0 Å². The zero-order chi connectivity index (χ0) is 14.3. The number of halogens is 1. The van der Waals surface area contributed by atoms with Gasteiger partial charge in [-0.25, -0.2) is 12.8 Å². The van der Waals surface area contributed by atoms with E-state index in [1.807, 2.05) is 0 Å². The van der Waals surface area contributed by atoms with E-state index in [2.05, 4.69) is 19.2 Å². The highest BCUT2D eigenvalue weighted by molar-refractivity contribution is 7.90. The van der Waals surface area contributed by atoms with E-state index in [-0.39, 0.29) is 22.0 Å². The van der Waals surface area contributed by atoms with Crippen molar-refractivity contribution in [1.82, 2.24) is 0 Å². The molecule has 0 bridgehead atoms. The summed E-state index contributed by atoms with van der Waals surface area (Å²) in [5.41, 5.74) is 0.549. The standard InChI is InChI=1S/C14H20FNO2S/c1-14(2)7-6-10(9-14)16-13-8-11(19(3,17)18)4-5-12(13)15/h4-5,8,10,16H,6-7,9H2,1-3H3. The molecule has 0 spiro atoms. The van der Waals surface area contributed by atoms with Crippen LogP contribution in [-0.4, -0.2) is 20.7 Å². The summed E-state index contributed by atoms with van der Waals surface area (Å²) in [6.45, 7) is 4.38. The molecule has 2 rings (SSSR count).